The highest BCUT2D eigenvalue weighted by Gasteiger charge is 2.65. The van der Waals surface area contributed by atoms with Crippen LogP contribution >= 0.6 is 0 Å². The Balaban J connectivity index is 1.32. The molecular formula is C24H34F2N4O3. The third-order valence-electron chi connectivity index (χ3n) is 7.21. The molecule has 2 saturated carbocycles. The molecule has 0 bridgehead atoms. The van der Waals surface area contributed by atoms with Crippen LogP contribution in [0.3, 0.4) is 0 Å². The van der Waals surface area contributed by atoms with Crippen LogP contribution in [-0.4, -0.2) is 64.2 Å². The van der Waals surface area contributed by atoms with E-state index in [1.807, 2.05) is 16.9 Å². The Labute approximate surface area is 193 Å². The third-order valence-corrected chi connectivity index (χ3v) is 7.21. The molecule has 0 spiro atoms. The first-order valence-electron chi connectivity index (χ1n) is 11.8. The van der Waals surface area contributed by atoms with Gasteiger partial charge in [-0.1, -0.05) is 24.1 Å². The summed E-state index contributed by atoms with van der Waals surface area (Å²) >= 11 is 0. The van der Waals surface area contributed by atoms with E-state index in [4.69, 9.17) is 4.74 Å². The molecule has 4 atom stereocenters. The average Bonchev–Trinajstić information content (AvgIpc) is 3.20. The minimum Gasteiger partial charge on any atom is -0.390 e. The predicted molar refractivity (Wildman–Crippen MR) is 120 cm³/mol. The van der Waals surface area contributed by atoms with Gasteiger partial charge in [-0.05, 0) is 43.2 Å². The van der Waals surface area contributed by atoms with E-state index in [0.29, 0.717) is 37.2 Å². The normalized spacial score (nSPS) is 29.3. The van der Waals surface area contributed by atoms with E-state index in [0.717, 1.165) is 18.9 Å². The van der Waals surface area contributed by atoms with Gasteiger partial charge in [-0.25, -0.2) is 8.78 Å². The zero-order valence-electron chi connectivity index (χ0n) is 19.1. The number of amides is 1. The van der Waals surface area contributed by atoms with Crippen molar-refractivity contribution in [1.82, 2.24) is 20.4 Å². The number of alkyl halides is 2. The van der Waals surface area contributed by atoms with Gasteiger partial charge < -0.3 is 20.5 Å². The van der Waals surface area contributed by atoms with Crippen LogP contribution in [0.2, 0.25) is 0 Å². The van der Waals surface area contributed by atoms with Gasteiger partial charge in [0.1, 0.15) is 0 Å². The average molecular weight is 465 g/mol. The molecule has 1 aromatic rings. The molecule has 1 amide bonds. The summed E-state index contributed by atoms with van der Waals surface area (Å²) in [6, 6.07) is 1.24. The maximum Gasteiger partial charge on any atom is 0.270 e. The monoisotopic (exact) mass is 464 g/mol. The minimum atomic E-state index is -2.89. The zero-order valence-corrected chi connectivity index (χ0v) is 19.1. The number of carbonyl (C=O) groups is 1. The summed E-state index contributed by atoms with van der Waals surface area (Å²) in [4.78, 5) is 11.7. The Hall–Kier alpha value is -2.10. The summed E-state index contributed by atoms with van der Waals surface area (Å²) < 4.78 is 35.3. The summed E-state index contributed by atoms with van der Waals surface area (Å²) in [5, 5.41) is 21.4. The van der Waals surface area contributed by atoms with Gasteiger partial charge in [-0.15, -0.1) is 0 Å². The molecule has 0 saturated heterocycles. The number of ether oxygens (including phenoxy) is 1. The van der Waals surface area contributed by atoms with Crippen LogP contribution in [0.5, 0.6) is 0 Å². The van der Waals surface area contributed by atoms with Crippen LogP contribution in [0.15, 0.2) is 42.3 Å². The van der Waals surface area contributed by atoms with E-state index < -0.39 is 24.5 Å². The Morgan fingerprint density at radius 2 is 2.18 bits per heavy atom. The smallest absolute Gasteiger partial charge is 0.270 e. The summed E-state index contributed by atoms with van der Waals surface area (Å²) in [7, 11) is 0. The minimum absolute atomic E-state index is 0.163. The van der Waals surface area contributed by atoms with Crippen LogP contribution in [0.4, 0.5) is 8.78 Å². The SMILES string of the molecule is CC(=O)NC(CC1=CC=CC(F)(F)C1)C(O)CNC1(COCCn2cccn2)C2CCCC21. The second kappa shape index (κ2) is 10.0. The number of hydrogen-bond donors (Lipinski definition) is 3. The Kier molecular flexibility index (Phi) is 7.31. The molecule has 33 heavy (non-hydrogen) atoms. The molecule has 2 fully saturated rings. The number of aliphatic hydroxyl groups excluding tert-OH is 1. The van der Waals surface area contributed by atoms with Crippen LogP contribution < -0.4 is 10.6 Å². The first-order valence-corrected chi connectivity index (χ1v) is 11.8. The highest BCUT2D eigenvalue weighted by atomic mass is 19.3. The highest BCUT2D eigenvalue weighted by molar-refractivity contribution is 5.73. The van der Waals surface area contributed by atoms with Gasteiger partial charge in [-0.3, -0.25) is 9.48 Å². The molecule has 7 nitrogen and oxygen atoms in total. The van der Waals surface area contributed by atoms with Gasteiger partial charge in [0, 0.05) is 37.8 Å². The maximum atomic E-state index is 13.7. The predicted octanol–water partition coefficient (Wildman–Crippen LogP) is 2.44. The van der Waals surface area contributed by atoms with Crippen molar-refractivity contribution in [2.75, 3.05) is 19.8 Å². The molecule has 4 unspecified atom stereocenters. The molecule has 0 radical (unpaired) electrons. The summed E-state index contributed by atoms with van der Waals surface area (Å²) in [5.41, 5.74) is 0.351. The van der Waals surface area contributed by atoms with E-state index in [1.165, 1.54) is 19.4 Å². The van der Waals surface area contributed by atoms with Crippen molar-refractivity contribution in [3.05, 3.63) is 42.3 Å². The molecular weight excluding hydrogens is 430 g/mol. The van der Waals surface area contributed by atoms with Crippen LogP contribution in [0, 0.1) is 11.8 Å². The van der Waals surface area contributed by atoms with E-state index in [9.17, 15) is 18.7 Å². The number of hydrogen-bond acceptors (Lipinski definition) is 5. The van der Waals surface area contributed by atoms with Gasteiger partial charge in [0.15, 0.2) is 0 Å². The highest BCUT2D eigenvalue weighted by Crippen LogP contribution is 2.60. The molecule has 3 aliphatic rings. The van der Waals surface area contributed by atoms with E-state index in [1.54, 1.807) is 12.3 Å². The summed E-state index contributed by atoms with van der Waals surface area (Å²) in [6.07, 6.45) is 9.87. The van der Waals surface area contributed by atoms with Gasteiger partial charge in [0.05, 0.1) is 31.9 Å². The van der Waals surface area contributed by atoms with E-state index in [2.05, 4.69) is 15.7 Å². The van der Waals surface area contributed by atoms with Gasteiger partial charge in [-0.2, -0.15) is 5.10 Å². The second-order valence-electron chi connectivity index (χ2n) is 9.59. The number of nitrogens with one attached hydrogen (secondary N) is 2. The molecule has 0 aliphatic heterocycles. The topological polar surface area (TPSA) is 88.4 Å². The number of carbonyl (C=O) groups excluding carboxylic acids is 1. The fraction of sp³-hybridized carbons (Fsp3) is 0.667. The number of aliphatic hydroxyl groups is 1. The number of β-amino-alcohol motifs (C(OH)–C–C–N with tert-alkyl or cyclic N) is 1. The van der Waals surface area contributed by atoms with Crippen molar-refractivity contribution in [3.8, 4) is 0 Å². The van der Waals surface area contributed by atoms with Crippen molar-refractivity contribution in [2.45, 2.75) is 69.2 Å². The van der Waals surface area contributed by atoms with Crippen LogP contribution in [-0.2, 0) is 16.1 Å². The Morgan fingerprint density at radius 3 is 2.85 bits per heavy atom. The summed E-state index contributed by atoms with van der Waals surface area (Å²) in [5.74, 6) is -2.13. The van der Waals surface area contributed by atoms with Crippen LogP contribution in [0.1, 0.15) is 39.0 Å². The third kappa shape index (κ3) is 5.88. The number of rotatable bonds is 12. The van der Waals surface area contributed by atoms with E-state index in [-0.39, 0.29) is 24.4 Å². The first kappa shape index (κ1) is 24.0. The standard InChI is InChI=1S/C24H34F2N4O3/c1-17(31)29-21(13-18-5-3-8-23(25,26)14-18)22(32)15-27-24(19-6-2-7-20(19)24)16-33-12-11-30-10-4-9-28-30/h3-5,8-10,19-22,27,32H,2,6-7,11-16H2,1H3,(H,29,31). The quantitative estimate of drug-likeness (QED) is 0.414. The van der Waals surface area contributed by atoms with Crippen molar-refractivity contribution in [3.63, 3.8) is 0 Å². The molecule has 0 aromatic carbocycles. The van der Waals surface area contributed by atoms with Gasteiger partial charge >= 0.3 is 0 Å². The fourth-order valence-corrected chi connectivity index (χ4v) is 5.59. The largest absolute Gasteiger partial charge is 0.390 e. The lowest BCUT2D eigenvalue weighted by Gasteiger charge is -2.30. The van der Waals surface area contributed by atoms with Gasteiger partial charge in [0.2, 0.25) is 5.91 Å². The van der Waals surface area contributed by atoms with Crippen LogP contribution in [0.25, 0.3) is 0 Å². The van der Waals surface area contributed by atoms with Crippen molar-refractivity contribution in [2.24, 2.45) is 11.8 Å². The Morgan fingerprint density at radius 1 is 1.39 bits per heavy atom. The number of allylic oxidation sites excluding steroid dienone is 3. The van der Waals surface area contributed by atoms with Crippen molar-refractivity contribution in [1.29, 1.82) is 0 Å². The van der Waals surface area contributed by atoms with Crippen molar-refractivity contribution >= 4 is 5.91 Å². The zero-order chi connectivity index (χ0) is 23.5. The van der Waals surface area contributed by atoms with Crippen molar-refractivity contribution < 1.29 is 23.4 Å². The maximum absolute atomic E-state index is 13.7. The lowest BCUT2D eigenvalue weighted by Crippen LogP contribution is -2.51. The van der Waals surface area contributed by atoms with E-state index >= 15 is 0 Å². The second-order valence-corrected chi connectivity index (χ2v) is 9.59. The fourth-order valence-electron chi connectivity index (χ4n) is 5.59. The summed E-state index contributed by atoms with van der Waals surface area (Å²) in [6.45, 7) is 3.43. The number of nitrogens with zero attached hydrogens (tertiary/aromatic N) is 2. The lowest BCUT2D eigenvalue weighted by atomic mass is 9.93. The lowest BCUT2D eigenvalue weighted by molar-refractivity contribution is -0.120. The molecule has 4 rings (SSSR count). The molecule has 3 aliphatic carbocycles. The first-order chi connectivity index (χ1) is 15.8. The molecule has 9 heteroatoms. The molecule has 1 aromatic heterocycles. The number of aromatic nitrogens is 2. The molecule has 182 valence electrons. The molecule has 3 N–H and O–H groups in total. The van der Waals surface area contributed by atoms with Gasteiger partial charge in [0.25, 0.3) is 5.92 Å². The Bertz CT molecular complexity index is 861. The number of fused-ring (bicyclic) bond motifs is 1. The number of halogens is 2. The molecule has 1 heterocycles.